The van der Waals surface area contributed by atoms with Crippen LogP contribution < -0.4 is 0 Å². The third-order valence-electron chi connectivity index (χ3n) is 11.3. The highest BCUT2D eigenvalue weighted by molar-refractivity contribution is 6.27. The standard InChI is InChI=1S/C51H34N2/c1-2-47-52-45-21-10-11-22-46(45)53(47)36-27-23-34(24-28-36)48-40-18-8-9-19-41(40)50(42-29-26-35(31-44(42)48)32-13-4-3-5-14-32)43-30-25-33-15-12-20-38-37-16-6-7-17-39(37)51(43)49(33)38/h3-31H,2H2,1H3. The second-order valence-corrected chi connectivity index (χ2v) is 14.1. The Hall–Kier alpha value is -6.77. The first kappa shape index (κ1) is 29.9. The molecular formula is C51H34N2. The first-order valence-electron chi connectivity index (χ1n) is 18.5. The molecular weight excluding hydrogens is 641 g/mol. The molecule has 0 fully saturated rings. The van der Waals surface area contributed by atoms with E-state index in [0.717, 1.165) is 29.0 Å². The van der Waals surface area contributed by atoms with Crippen molar-refractivity contribution in [3.8, 4) is 61.3 Å². The molecule has 0 saturated heterocycles. The van der Waals surface area contributed by atoms with Crippen LogP contribution in [0.15, 0.2) is 176 Å². The molecule has 0 saturated carbocycles. The number of aromatic nitrogens is 2. The number of fused-ring (bicyclic) bond motifs is 6. The molecule has 9 aromatic carbocycles. The van der Waals surface area contributed by atoms with Crippen molar-refractivity contribution in [2.24, 2.45) is 0 Å². The van der Waals surface area contributed by atoms with Crippen LogP contribution in [0.1, 0.15) is 12.7 Å². The van der Waals surface area contributed by atoms with E-state index in [4.69, 9.17) is 4.98 Å². The monoisotopic (exact) mass is 674 g/mol. The third kappa shape index (κ3) is 4.42. The van der Waals surface area contributed by atoms with E-state index in [1.54, 1.807) is 0 Å². The van der Waals surface area contributed by atoms with Gasteiger partial charge in [-0.3, -0.25) is 4.57 Å². The van der Waals surface area contributed by atoms with E-state index in [0.29, 0.717) is 0 Å². The predicted octanol–water partition coefficient (Wildman–Crippen LogP) is 13.7. The maximum absolute atomic E-state index is 4.96. The van der Waals surface area contributed by atoms with E-state index in [1.165, 1.54) is 88.0 Å². The maximum atomic E-state index is 4.96. The molecule has 0 aliphatic heterocycles. The lowest BCUT2D eigenvalue weighted by molar-refractivity contribution is 0.908. The van der Waals surface area contributed by atoms with Crippen LogP contribution in [0, 0.1) is 0 Å². The summed E-state index contributed by atoms with van der Waals surface area (Å²) in [4.78, 5) is 4.96. The van der Waals surface area contributed by atoms with Crippen LogP contribution in [-0.2, 0) is 6.42 Å². The average molecular weight is 675 g/mol. The smallest absolute Gasteiger partial charge is 0.114 e. The highest BCUT2D eigenvalue weighted by Crippen LogP contribution is 2.54. The lowest BCUT2D eigenvalue weighted by Crippen LogP contribution is -2.00. The number of benzene rings is 9. The Kier molecular flexibility index (Phi) is 6.56. The zero-order chi connectivity index (χ0) is 35.0. The van der Waals surface area contributed by atoms with Gasteiger partial charge in [0, 0.05) is 12.1 Å². The van der Waals surface area contributed by atoms with Gasteiger partial charge in [-0.1, -0.05) is 153 Å². The fraction of sp³-hybridized carbons (Fsp3) is 0.0392. The summed E-state index contributed by atoms with van der Waals surface area (Å²) in [5.41, 5.74) is 16.0. The van der Waals surface area contributed by atoms with Gasteiger partial charge in [-0.25, -0.2) is 4.98 Å². The minimum Gasteiger partial charge on any atom is -0.296 e. The van der Waals surface area contributed by atoms with Crippen molar-refractivity contribution in [1.82, 2.24) is 9.55 Å². The Morgan fingerprint density at radius 2 is 1.11 bits per heavy atom. The Morgan fingerprint density at radius 1 is 0.434 bits per heavy atom. The number of rotatable bonds is 5. The van der Waals surface area contributed by atoms with E-state index >= 15 is 0 Å². The number of para-hydroxylation sites is 2. The number of aryl methyl sites for hydroxylation is 1. The van der Waals surface area contributed by atoms with Gasteiger partial charge in [0.1, 0.15) is 5.82 Å². The topological polar surface area (TPSA) is 17.8 Å². The molecule has 0 unspecified atom stereocenters. The molecule has 2 nitrogen and oxygen atoms in total. The molecule has 1 aromatic heterocycles. The summed E-state index contributed by atoms with van der Waals surface area (Å²) in [6.45, 7) is 2.18. The van der Waals surface area contributed by atoms with Crippen LogP contribution in [0.3, 0.4) is 0 Å². The lowest BCUT2D eigenvalue weighted by Gasteiger charge is -2.21. The van der Waals surface area contributed by atoms with E-state index in [1.807, 2.05) is 0 Å². The quantitative estimate of drug-likeness (QED) is 0.166. The molecule has 0 N–H and O–H groups in total. The van der Waals surface area contributed by atoms with Crippen molar-refractivity contribution in [3.63, 3.8) is 0 Å². The molecule has 10 aromatic rings. The summed E-state index contributed by atoms with van der Waals surface area (Å²) < 4.78 is 2.31. The molecule has 11 rings (SSSR count). The summed E-state index contributed by atoms with van der Waals surface area (Å²) in [7, 11) is 0. The third-order valence-corrected chi connectivity index (χ3v) is 11.3. The van der Waals surface area contributed by atoms with Gasteiger partial charge in [0.15, 0.2) is 0 Å². The Balaban J connectivity index is 1.21. The molecule has 248 valence electrons. The van der Waals surface area contributed by atoms with Gasteiger partial charge in [-0.15, -0.1) is 0 Å². The molecule has 2 heteroatoms. The summed E-state index contributed by atoms with van der Waals surface area (Å²) in [5, 5.41) is 7.66. The highest BCUT2D eigenvalue weighted by Gasteiger charge is 2.27. The van der Waals surface area contributed by atoms with Crippen LogP contribution in [-0.4, -0.2) is 9.55 Å². The summed E-state index contributed by atoms with van der Waals surface area (Å²) >= 11 is 0. The SMILES string of the molecule is CCc1nc2ccccc2n1-c1ccc(-c2c3ccccc3c(-c3ccc4cccc5c4c3-c3ccccc3-5)c3ccc(-c4ccccc4)cc23)cc1. The minimum atomic E-state index is 0.859. The zero-order valence-corrected chi connectivity index (χ0v) is 29.3. The van der Waals surface area contributed by atoms with Crippen molar-refractivity contribution < 1.29 is 0 Å². The van der Waals surface area contributed by atoms with Crippen LogP contribution >= 0.6 is 0 Å². The van der Waals surface area contributed by atoms with Gasteiger partial charge in [-0.05, 0) is 118 Å². The van der Waals surface area contributed by atoms with Gasteiger partial charge in [0.25, 0.3) is 0 Å². The van der Waals surface area contributed by atoms with Gasteiger partial charge in [0.05, 0.1) is 11.0 Å². The van der Waals surface area contributed by atoms with Crippen molar-refractivity contribution in [2.75, 3.05) is 0 Å². The van der Waals surface area contributed by atoms with E-state index in [2.05, 4.69) is 187 Å². The zero-order valence-electron chi connectivity index (χ0n) is 29.3. The van der Waals surface area contributed by atoms with E-state index in [9.17, 15) is 0 Å². The first-order valence-corrected chi connectivity index (χ1v) is 18.5. The molecule has 0 spiro atoms. The average Bonchev–Trinajstić information content (AvgIpc) is 3.78. The normalized spacial score (nSPS) is 11.9. The van der Waals surface area contributed by atoms with Gasteiger partial charge >= 0.3 is 0 Å². The molecule has 0 amide bonds. The van der Waals surface area contributed by atoms with Crippen LogP contribution in [0.5, 0.6) is 0 Å². The number of hydrogen-bond donors (Lipinski definition) is 0. The van der Waals surface area contributed by atoms with E-state index < -0.39 is 0 Å². The van der Waals surface area contributed by atoms with Crippen LogP contribution in [0.2, 0.25) is 0 Å². The number of hydrogen-bond acceptors (Lipinski definition) is 1. The van der Waals surface area contributed by atoms with Gasteiger partial charge in [-0.2, -0.15) is 0 Å². The Bertz CT molecular complexity index is 3080. The number of imidazole rings is 1. The summed E-state index contributed by atoms with van der Waals surface area (Å²) in [6.07, 6.45) is 0.859. The van der Waals surface area contributed by atoms with Crippen molar-refractivity contribution in [2.45, 2.75) is 13.3 Å². The second kappa shape index (κ2) is 11.6. The van der Waals surface area contributed by atoms with Crippen molar-refractivity contribution in [1.29, 1.82) is 0 Å². The largest absolute Gasteiger partial charge is 0.296 e. The fourth-order valence-electron chi connectivity index (χ4n) is 9.00. The molecule has 1 aliphatic carbocycles. The predicted molar refractivity (Wildman–Crippen MR) is 224 cm³/mol. The highest BCUT2D eigenvalue weighted by atomic mass is 15.1. The molecule has 0 radical (unpaired) electrons. The maximum Gasteiger partial charge on any atom is 0.114 e. The molecule has 1 aliphatic rings. The first-order chi connectivity index (χ1) is 26.3. The minimum absolute atomic E-state index is 0.859. The van der Waals surface area contributed by atoms with Crippen LogP contribution in [0.25, 0.3) is 105 Å². The molecule has 1 heterocycles. The second-order valence-electron chi connectivity index (χ2n) is 14.1. The molecule has 53 heavy (non-hydrogen) atoms. The number of nitrogens with zero attached hydrogens (tertiary/aromatic N) is 2. The lowest BCUT2D eigenvalue weighted by atomic mass is 9.82. The molecule has 0 bridgehead atoms. The molecule has 0 atom stereocenters. The fourth-order valence-corrected chi connectivity index (χ4v) is 9.00. The summed E-state index contributed by atoms with van der Waals surface area (Å²) in [6, 6.07) is 64.8. The van der Waals surface area contributed by atoms with E-state index in [-0.39, 0.29) is 0 Å². The Labute approximate surface area is 308 Å². The summed E-state index contributed by atoms with van der Waals surface area (Å²) in [5.74, 6) is 1.07. The van der Waals surface area contributed by atoms with Gasteiger partial charge < -0.3 is 0 Å². The van der Waals surface area contributed by atoms with Crippen molar-refractivity contribution in [3.05, 3.63) is 182 Å². The Morgan fingerprint density at radius 3 is 1.94 bits per heavy atom. The van der Waals surface area contributed by atoms with Crippen LogP contribution in [0.4, 0.5) is 0 Å². The van der Waals surface area contributed by atoms with Crippen molar-refractivity contribution >= 4 is 43.4 Å². The van der Waals surface area contributed by atoms with Gasteiger partial charge in [0.2, 0.25) is 0 Å².